The number of nitrogens with two attached hydrogens (primary N) is 1. The van der Waals surface area contributed by atoms with Crippen molar-refractivity contribution in [1.29, 1.82) is 0 Å². The van der Waals surface area contributed by atoms with Gasteiger partial charge < -0.3 is 15.2 Å². The Morgan fingerprint density at radius 3 is 2.40 bits per heavy atom. The standard InChI is InChI=1S/C13H15F2NO4/c1-3-7(12(17)19-4-2)13(18)20-11-6-8(14)10(16)5-9(11)15/h5-7H,3-4,16H2,1-2H3. The van der Waals surface area contributed by atoms with E-state index in [0.717, 1.165) is 0 Å². The first kappa shape index (κ1) is 15.9. The minimum atomic E-state index is -1.19. The fraction of sp³-hybridized carbons (Fsp3) is 0.385. The average Bonchev–Trinajstić information content (AvgIpc) is 2.37. The van der Waals surface area contributed by atoms with E-state index in [0.29, 0.717) is 12.1 Å². The Hall–Kier alpha value is -2.18. The number of hydrogen-bond donors (Lipinski definition) is 1. The van der Waals surface area contributed by atoms with Crippen LogP contribution in [0.15, 0.2) is 12.1 Å². The maximum Gasteiger partial charge on any atom is 0.325 e. The lowest BCUT2D eigenvalue weighted by Crippen LogP contribution is -2.29. The molecule has 0 fully saturated rings. The van der Waals surface area contributed by atoms with Crippen molar-refractivity contribution in [2.24, 2.45) is 5.92 Å². The van der Waals surface area contributed by atoms with Crippen molar-refractivity contribution in [3.8, 4) is 5.75 Å². The highest BCUT2D eigenvalue weighted by molar-refractivity contribution is 5.95. The van der Waals surface area contributed by atoms with Gasteiger partial charge in [-0.1, -0.05) is 6.92 Å². The second kappa shape index (κ2) is 6.83. The number of halogens is 2. The van der Waals surface area contributed by atoms with Crippen LogP contribution in [0.2, 0.25) is 0 Å². The molecule has 1 atom stereocenters. The van der Waals surface area contributed by atoms with Crippen LogP contribution in [-0.2, 0) is 14.3 Å². The van der Waals surface area contributed by atoms with Crippen LogP contribution >= 0.6 is 0 Å². The SMILES string of the molecule is CCOC(=O)C(CC)C(=O)Oc1cc(F)c(N)cc1F. The van der Waals surface area contributed by atoms with Gasteiger partial charge in [-0.3, -0.25) is 9.59 Å². The monoisotopic (exact) mass is 287 g/mol. The summed E-state index contributed by atoms with van der Waals surface area (Å²) in [6.45, 7) is 3.27. The van der Waals surface area contributed by atoms with Crippen LogP contribution in [-0.4, -0.2) is 18.5 Å². The van der Waals surface area contributed by atoms with E-state index < -0.39 is 40.9 Å². The van der Waals surface area contributed by atoms with Crippen LogP contribution < -0.4 is 10.5 Å². The Bertz CT molecular complexity index is 519. The molecule has 0 aliphatic heterocycles. The lowest BCUT2D eigenvalue weighted by atomic mass is 10.1. The summed E-state index contributed by atoms with van der Waals surface area (Å²) in [5, 5.41) is 0. The fourth-order valence-corrected chi connectivity index (χ4v) is 1.47. The molecule has 0 heterocycles. The lowest BCUT2D eigenvalue weighted by Gasteiger charge is -2.13. The van der Waals surface area contributed by atoms with E-state index in [1.165, 1.54) is 0 Å². The fourth-order valence-electron chi connectivity index (χ4n) is 1.47. The van der Waals surface area contributed by atoms with Gasteiger partial charge >= 0.3 is 11.9 Å². The largest absolute Gasteiger partial charge is 0.465 e. The molecule has 0 spiro atoms. The first-order chi connectivity index (χ1) is 9.40. The van der Waals surface area contributed by atoms with Crippen molar-refractivity contribution in [2.45, 2.75) is 20.3 Å². The number of rotatable bonds is 5. The molecule has 5 nitrogen and oxygen atoms in total. The van der Waals surface area contributed by atoms with E-state index >= 15 is 0 Å². The topological polar surface area (TPSA) is 78.6 Å². The van der Waals surface area contributed by atoms with E-state index in [1.54, 1.807) is 13.8 Å². The first-order valence-corrected chi connectivity index (χ1v) is 6.03. The van der Waals surface area contributed by atoms with Gasteiger partial charge in [0.15, 0.2) is 17.5 Å². The summed E-state index contributed by atoms with van der Waals surface area (Å²) >= 11 is 0. The number of carbonyl (C=O) groups excluding carboxylic acids is 2. The number of nitrogen functional groups attached to an aromatic ring is 1. The minimum Gasteiger partial charge on any atom is -0.465 e. The summed E-state index contributed by atoms with van der Waals surface area (Å²) in [6.07, 6.45) is 0.122. The zero-order valence-corrected chi connectivity index (χ0v) is 11.1. The van der Waals surface area contributed by atoms with Crippen molar-refractivity contribution in [3.05, 3.63) is 23.8 Å². The molecule has 110 valence electrons. The van der Waals surface area contributed by atoms with Gasteiger partial charge in [-0.25, -0.2) is 8.78 Å². The molecule has 0 saturated carbocycles. The van der Waals surface area contributed by atoms with E-state index in [2.05, 4.69) is 0 Å². The summed E-state index contributed by atoms with van der Waals surface area (Å²) in [6, 6.07) is 1.35. The maximum atomic E-state index is 13.5. The van der Waals surface area contributed by atoms with Gasteiger partial charge in [0.1, 0.15) is 5.82 Å². The predicted molar refractivity (Wildman–Crippen MR) is 66.8 cm³/mol. The molecule has 7 heteroatoms. The van der Waals surface area contributed by atoms with Crippen LogP contribution in [0.4, 0.5) is 14.5 Å². The molecule has 0 radical (unpaired) electrons. The van der Waals surface area contributed by atoms with Crippen LogP contribution in [0.5, 0.6) is 5.75 Å². The molecular formula is C13H15F2NO4. The molecule has 0 saturated heterocycles. The van der Waals surface area contributed by atoms with Gasteiger partial charge in [0.25, 0.3) is 0 Å². The highest BCUT2D eigenvalue weighted by Crippen LogP contribution is 2.24. The molecule has 1 unspecified atom stereocenters. The zero-order valence-electron chi connectivity index (χ0n) is 11.1. The van der Waals surface area contributed by atoms with Crippen molar-refractivity contribution in [3.63, 3.8) is 0 Å². The number of hydrogen-bond acceptors (Lipinski definition) is 5. The molecule has 0 aromatic heterocycles. The van der Waals surface area contributed by atoms with Crippen molar-refractivity contribution >= 4 is 17.6 Å². The number of ether oxygens (including phenoxy) is 2. The van der Waals surface area contributed by atoms with Gasteiger partial charge in [-0.05, 0) is 13.3 Å². The summed E-state index contributed by atoms with van der Waals surface area (Å²) in [7, 11) is 0. The van der Waals surface area contributed by atoms with Crippen molar-refractivity contribution in [1.82, 2.24) is 0 Å². The molecule has 2 N–H and O–H groups in total. The lowest BCUT2D eigenvalue weighted by molar-refractivity contribution is -0.157. The normalized spacial score (nSPS) is 11.8. The molecule has 0 aliphatic carbocycles. The third kappa shape index (κ3) is 3.66. The summed E-state index contributed by atoms with van der Waals surface area (Å²) in [5.41, 5.74) is 4.76. The average molecular weight is 287 g/mol. The maximum absolute atomic E-state index is 13.5. The highest BCUT2D eigenvalue weighted by Gasteiger charge is 2.29. The Labute approximate surface area is 114 Å². The third-order valence-corrected chi connectivity index (χ3v) is 2.53. The number of esters is 2. The molecule has 0 aliphatic rings. The summed E-state index contributed by atoms with van der Waals surface area (Å²) < 4.78 is 36.1. The smallest absolute Gasteiger partial charge is 0.325 e. The number of carbonyl (C=O) groups is 2. The number of benzene rings is 1. The Balaban J connectivity index is 2.89. The van der Waals surface area contributed by atoms with Crippen LogP contribution in [0.3, 0.4) is 0 Å². The van der Waals surface area contributed by atoms with Gasteiger partial charge in [0, 0.05) is 12.1 Å². The molecule has 1 aromatic rings. The quantitative estimate of drug-likeness (QED) is 0.388. The summed E-state index contributed by atoms with van der Waals surface area (Å²) in [4.78, 5) is 23.3. The number of anilines is 1. The second-order valence-corrected chi connectivity index (χ2v) is 3.94. The van der Waals surface area contributed by atoms with Gasteiger partial charge in [0.2, 0.25) is 0 Å². The molecule has 20 heavy (non-hydrogen) atoms. The van der Waals surface area contributed by atoms with Gasteiger partial charge in [-0.15, -0.1) is 0 Å². The van der Waals surface area contributed by atoms with E-state index in [-0.39, 0.29) is 13.0 Å². The third-order valence-electron chi connectivity index (χ3n) is 2.53. The highest BCUT2D eigenvalue weighted by atomic mass is 19.1. The first-order valence-electron chi connectivity index (χ1n) is 6.03. The molecule has 0 bridgehead atoms. The predicted octanol–water partition coefficient (Wildman–Crippen LogP) is 2.04. The Morgan fingerprint density at radius 1 is 1.20 bits per heavy atom. The second-order valence-electron chi connectivity index (χ2n) is 3.94. The van der Waals surface area contributed by atoms with Crippen LogP contribution in [0.25, 0.3) is 0 Å². The molecule has 0 amide bonds. The van der Waals surface area contributed by atoms with Crippen molar-refractivity contribution in [2.75, 3.05) is 12.3 Å². The molecule has 1 aromatic carbocycles. The molecule has 1 rings (SSSR count). The van der Waals surface area contributed by atoms with E-state index in [9.17, 15) is 18.4 Å². The zero-order chi connectivity index (χ0) is 15.3. The minimum absolute atomic E-state index is 0.105. The van der Waals surface area contributed by atoms with Crippen LogP contribution in [0, 0.1) is 17.6 Å². The van der Waals surface area contributed by atoms with E-state index in [1.807, 2.05) is 0 Å². The van der Waals surface area contributed by atoms with Crippen molar-refractivity contribution < 1.29 is 27.8 Å². The molecular weight excluding hydrogens is 272 g/mol. The van der Waals surface area contributed by atoms with Gasteiger partial charge in [0.05, 0.1) is 12.3 Å². The summed E-state index contributed by atoms with van der Waals surface area (Å²) in [5.74, 6) is -5.49. The van der Waals surface area contributed by atoms with E-state index in [4.69, 9.17) is 15.2 Å². The van der Waals surface area contributed by atoms with Gasteiger partial charge in [-0.2, -0.15) is 0 Å². The Morgan fingerprint density at radius 2 is 1.85 bits per heavy atom. The Kier molecular flexibility index (Phi) is 5.42. The van der Waals surface area contributed by atoms with Crippen LogP contribution in [0.1, 0.15) is 20.3 Å².